The van der Waals surface area contributed by atoms with E-state index < -0.39 is 13.1 Å². The average Bonchev–Trinajstić information content (AvgIpc) is 1.86. The normalized spacial score (nSPS) is 16.8. The molecule has 0 rings (SSSR count). The summed E-state index contributed by atoms with van der Waals surface area (Å²) in [6.07, 6.45) is -0.0506. The van der Waals surface area contributed by atoms with Crippen molar-refractivity contribution in [3.05, 3.63) is 0 Å². The van der Waals surface area contributed by atoms with E-state index in [0.29, 0.717) is 0 Å². The third-order valence-corrected chi connectivity index (χ3v) is 1.99. The monoisotopic (exact) mass is 153 g/mol. The van der Waals surface area contributed by atoms with Crippen molar-refractivity contribution in [2.24, 2.45) is 5.90 Å². The second-order valence-electron chi connectivity index (χ2n) is 1.37. The Hall–Kier alpha value is -0.220. The van der Waals surface area contributed by atoms with Crippen molar-refractivity contribution in [2.45, 2.75) is 13.3 Å². The molecule has 0 bridgehead atoms. The quantitative estimate of drug-likeness (QED) is 0.440. The van der Waals surface area contributed by atoms with Crippen molar-refractivity contribution in [3.8, 4) is 0 Å². The lowest BCUT2D eigenvalue weighted by Crippen LogP contribution is -2.04. The molecule has 1 atom stereocenters. The molecule has 0 fully saturated rings. The predicted molar refractivity (Wildman–Crippen MR) is 30.4 cm³/mol. The highest BCUT2D eigenvalue weighted by Crippen LogP contribution is 2.41. The van der Waals surface area contributed by atoms with E-state index in [1.165, 1.54) is 6.92 Å². The van der Waals surface area contributed by atoms with Crippen LogP contribution in [0.25, 0.3) is 0 Å². The molecule has 0 heterocycles. The first-order chi connectivity index (χ1) is 4.04. The van der Waals surface area contributed by atoms with Gasteiger partial charge in [0.05, 0.1) is 0 Å². The maximum Gasteiger partial charge on any atom is 0.410 e. The Morgan fingerprint density at radius 2 is 2.33 bits per heavy atom. The van der Waals surface area contributed by atoms with Crippen LogP contribution in [0.2, 0.25) is 0 Å². The molecule has 5 nitrogen and oxygen atoms in total. The molecular formula is C3H8NO4P. The molecule has 0 aliphatic carbocycles. The first-order valence-corrected chi connectivity index (χ1v) is 3.87. The van der Waals surface area contributed by atoms with Gasteiger partial charge in [0, 0.05) is 6.42 Å². The fourth-order valence-electron chi connectivity index (χ4n) is 0.259. The smallest absolute Gasteiger partial charge is 0.318 e. The standard InChI is InChI=1S/C3H8NO4P/c1-2-3(5)9(6,7)8-4/h2,4H2,1H3,(H,6,7). The minimum atomic E-state index is -4.13. The van der Waals surface area contributed by atoms with Gasteiger partial charge in [-0.25, -0.2) is 15.1 Å². The Morgan fingerprint density at radius 3 is 2.44 bits per heavy atom. The zero-order chi connectivity index (χ0) is 7.49. The van der Waals surface area contributed by atoms with Crippen molar-refractivity contribution < 1.29 is 18.9 Å². The second kappa shape index (κ2) is 3.08. The average molecular weight is 153 g/mol. The zero-order valence-electron chi connectivity index (χ0n) is 4.90. The zero-order valence-corrected chi connectivity index (χ0v) is 5.80. The van der Waals surface area contributed by atoms with Gasteiger partial charge in [-0.3, -0.25) is 4.79 Å². The van der Waals surface area contributed by atoms with Crippen LogP contribution in [0.1, 0.15) is 13.3 Å². The molecule has 6 heteroatoms. The summed E-state index contributed by atoms with van der Waals surface area (Å²) in [6.45, 7) is 1.45. The topological polar surface area (TPSA) is 89.6 Å². The first kappa shape index (κ1) is 8.78. The Bertz CT molecular complexity index is 156. The number of carbonyl (C=O) groups excluding carboxylic acids is 1. The van der Waals surface area contributed by atoms with Crippen molar-refractivity contribution in [1.29, 1.82) is 0 Å². The van der Waals surface area contributed by atoms with Crippen LogP contribution in [0.3, 0.4) is 0 Å². The minimum absolute atomic E-state index is 0.0506. The van der Waals surface area contributed by atoms with Crippen molar-refractivity contribution in [3.63, 3.8) is 0 Å². The molecule has 0 aromatic carbocycles. The van der Waals surface area contributed by atoms with Gasteiger partial charge in [0.25, 0.3) is 0 Å². The number of carbonyl (C=O) groups is 1. The Balaban J connectivity index is 4.16. The van der Waals surface area contributed by atoms with Gasteiger partial charge in [-0.15, -0.1) is 0 Å². The molecular weight excluding hydrogens is 145 g/mol. The molecule has 0 saturated carbocycles. The van der Waals surface area contributed by atoms with Gasteiger partial charge in [-0.05, 0) is 0 Å². The van der Waals surface area contributed by atoms with Gasteiger partial charge in [0.2, 0.25) is 5.52 Å². The molecule has 3 N–H and O–H groups in total. The molecule has 1 unspecified atom stereocenters. The lowest BCUT2D eigenvalue weighted by molar-refractivity contribution is -0.113. The van der Waals surface area contributed by atoms with Crippen LogP contribution >= 0.6 is 7.60 Å². The predicted octanol–water partition coefficient (Wildman–Crippen LogP) is -0.00130. The van der Waals surface area contributed by atoms with E-state index >= 15 is 0 Å². The van der Waals surface area contributed by atoms with E-state index in [9.17, 15) is 9.36 Å². The Kier molecular flexibility index (Phi) is 3.00. The highest BCUT2D eigenvalue weighted by molar-refractivity contribution is 7.70. The maximum absolute atomic E-state index is 10.4. The van der Waals surface area contributed by atoms with Gasteiger partial charge < -0.3 is 4.89 Å². The number of hydrogen-bond donors (Lipinski definition) is 2. The number of nitrogens with two attached hydrogens (primary N) is 1. The maximum atomic E-state index is 10.4. The molecule has 0 amide bonds. The Labute approximate surface area is 52.3 Å². The molecule has 9 heavy (non-hydrogen) atoms. The van der Waals surface area contributed by atoms with Crippen molar-refractivity contribution in [1.82, 2.24) is 0 Å². The van der Waals surface area contributed by atoms with Crippen LogP contribution in [0.5, 0.6) is 0 Å². The summed E-state index contributed by atoms with van der Waals surface area (Å²) in [7, 11) is -4.13. The summed E-state index contributed by atoms with van der Waals surface area (Å²) in [6, 6.07) is 0. The summed E-state index contributed by atoms with van der Waals surface area (Å²) in [5.41, 5.74) is -0.870. The van der Waals surface area contributed by atoms with E-state index in [2.05, 4.69) is 10.5 Å². The van der Waals surface area contributed by atoms with Gasteiger partial charge in [-0.1, -0.05) is 6.92 Å². The van der Waals surface area contributed by atoms with Gasteiger partial charge >= 0.3 is 7.60 Å². The lowest BCUT2D eigenvalue weighted by Gasteiger charge is -2.02. The molecule has 0 aromatic rings. The molecule has 54 valence electrons. The van der Waals surface area contributed by atoms with Crippen molar-refractivity contribution in [2.75, 3.05) is 0 Å². The van der Waals surface area contributed by atoms with E-state index in [0.717, 1.165) is 0 Å². The summed E-state index contributed by atoms with van der Waals surface area (Å²) >= 11 is 0. The van der Waals surface area contributed by atoms with E-state index in [1.54, 1.807) is 0 Å². The summed E-state index contributed by atoms with van der Waals surface area (Å²) in [4.78, 5) is 18.8. The fraction of sp³-hybridized carbons (Fsp3) is 0.667. The second-order valence-corrected chi connectivity index (χ2v) is 3.12. The summed E-state index contributed by atoms with van der Waals surface area (Å²) in [5.74, 6) is 4.35. The SMILES string of the molecule is CCC(=O)P(=O)(O)ON. The van der Waals surface area contributed by atoms with Crippen LogP contribution in [0.15, 0.2) is 0 Å². The number of hydrogen-bond acceptors (Lipinski definition) is 4. The molecule has 0 aliphatic rings. The first-order valence-electron chi connectivity index (χ1n) is 2.29. The third kappa shape index (κ3) is 2.24. The third-order valence-electron chi connectivity index (χ3n) is 0.761. The van der Waals surface area contributed by atoms with E-state index in [4.69, 9.17) is 4.89 Å². The summed E-state index contributed by atoms with van der Waals surface area (Å²) in [5, 5.41) is 0. The molecule has 0 spiro atoms. The van der Waals surface area contributed by atoms with Crippen LogP contribution in [-0.2, 0) is 14.0 Å². The van der Waals surface area contributed by atoms with Gasteiger partial charge in [0.1, 0.15) is 0 Å². The van der Waals surface area contributed by atoms with E-state index in [-0.39, 0.29) is 6.42 Å². The highest BCUT2D eigenvalue weighted by Gasteiger charge is 2.27. The Morgan fingerprint density at radius 1 is 1.89 bits per heavy atom. The van der Waals surface area contributed by atoms with Gasteiger partial charge in [0.15, 0.2) is 0 Å². The molecule has 0 aliphatic heterocycles. The molecule has 0 saturated heterocycles. The van der Waals surface area contributed by atoms with Crippen LogP contribution in [0.4, 0.5) is 0 Å². The largest absolute Gasteiger partial charge is 0.410 e. The minimum Gasteiger partial charge on any atom is -0.318 e. The highest BCUT2D eigenvalue weighted by atomic mass is 31.2. The fourth-order valence-corrected chi connectivity index (χ4v) is 0.776. The molecule has 0 radical (unpaired) electrons. The van der Waals surface area contributed by atoms with E-state index in [1.807, 2.05) is 0 Å². The summed E-state index contributed by atoms with van der Waals surface area (Å²) < 4.78 is 13.9. The number of rotatable bonds is 3. The van der Waals surface area contributed by atoms with Crippen LogP contribution in [0, 0.1) is 0 Å². The van der Waals surface area contributed by atoms with Crippen LogP contribution < -0.4 is 5.90 Å². The van der Waals surface area contributed by atoms with Crippen LogP contribution in [-0.4, -0.2) is 10.4 Å². The lowest BCUT2D eigenvalue weighted by atomic mass is 10.6. The van der Waals surface area contributed by atoms with Crippen molar-refractivity contribution >= 4 is 13.1 Å². The molecule has 0 aromatic heterocycles. The van der Waals surface area contributed by atoms with Gasteiger partial charge in [-0.2, -0.15) is 0 Å².